The number of nitrogens with one attached hydrogen (secondary N) is 2. The molecular weight excluding hydrogens is 283 g/mol. The molecular formula is C17H17FN2O2. The lowest BCUT2D eigenvalue weighted by molar-refractivity contribution is -0.115. The van der Waals surface area contributed by atoms with Crippen LogP contribution in [0.3, 0.4) is 0 Å². The Morgan fingerprint density at radius 1 is 1.05 bits per heavy atom. The molecule has 0 aliphatic heterocycles. The molecule has 0 unspecified atom stereocenters. The van der Waals surface area contributed by atoms with Crippen molar-refractivity contribution in [3.05, 3.63) is 59.9 Å². The van der Waals surface area contributed by atoms with Gasteiger partial charge in [0.25, 0.3) is 0 Å². The van der Waals surface area contributed by atoms with Crippen molar-refractivity contribution in [1.82, 2.24) is 0 Å². The maximum absolute atomic E-state index is 13.0. The largest absolute Gasteiger partial charge is 0.385 e. The maximum Gasteiger partial charge on any atom is 0.226 e. The van der Waals surface area contributed by atoms with Gasteiger partial charge in [0, 0.05) is 29.9 Å². The molecule has 0 heterocycles. The molecule has 0 atom stereocenters. The van der Waals surface area contributed by atoms with Gasteiger partial charge >= 0.3 is 0 Å². The number of halogens is 1. The van der Waals surface area contributed by atoms with Gasteiger partial charge in [-0.2, -0.15) is 0 Å². The highest BCUT2D eigenvalue weighted by Gasteiger charge is 2.04. The van der Waals surface area contributed by atoms with Gasteiger partial charge in [0.05, 0.1) is 0 Å². The molecule has 114 valence electrons. The Morgan fingerprint density at radius 2 is 1.77 bits per heavy atom. The minimum Gasteiger partial charge on any atom is -0.385 e. The molecule has 1 amide bonds. The van der Waals surface area contributed by atoms with Crippen LogP contribution in [0.2, 0.25) is 0 Å². The lowest BCUT2D eigenvalue weighted by atomic mass is 10.1. The summed E-state index contributed by atoms with van der Waals surface area (Å²) in [6.45, 7) is 1.92. The number of anilines is 2. The molecule has 2 rings (SSSR count). The molecule has 0 bridgehead atoms. The molecule has 4 nitrogen and oxygen atoms in total. The molecule has 0 spiro atoms. The summed E-state index contributed by atoms with van der Waals surface area (Å²) in [5, 5.41) is 5.71. The molecule has 0 aliphatic carbocycles. The number of hydrogen-bond acceptors (Lipinski definition) is 3. The van der Waals surface area contributed by atoms with Crippen molar-refractivity contribution >= 4 is 23.1 Å². The molecule has 0 saturated carbocycles. The van der Waals surface area contributed by atoms with Gasteiger partial charge in [0.15, 0.2) is 5.78 Å². The van der Waals surface area contributed by atoms with Crippen LogP contribution >= 0.6 is 0 Å². The van der Waals surface area contributed by atoms with E-state index in [2.05, 4.69) is 10.6 Å². The van der Waals surface area contributed by atoms with E-state index in [1.54, 1.807) is 24.3 Å². The first-order valence-electron chi connectivity index (χ1n) is 6.95. The Bertz CT molecular complexity index is 686. The topological polar surface area (TPSA) is 58.2 Å². The number of Topliss-reactive ketones (excluding diaryl/α,β-unsaturated/α-hetero) is 1. The maximum atomic E-state index is 13.0. The fourth-order valence-electron chi connectivity index (χ4n) is 1.96. The van der Waals surface area contributed by atoms with Crippen LogP contribution in [0.4, 0.5) is 15.8 Å². The van der Waals surface area contributed by atoms with Crippen LogP contribution in [-0.2, 0) is 4.79 Å². The second-order valence-corrected chi connectivity index (χ2v) is 4.87. The predicted molar refractivity (Wildman–Crippen MR) is 84.6 cm³/mol. The highest BCUT2D eigenvalue weighted by Crippen LogP contribution is 2.12. The summed E-state index contributed by atoms with van der Waals surface area (Å²) >= 11 is 0. The predicted octanol–water partition coefficient (Wildman–Crippen LogP) is 3.47. The lowest BCUT2D eigenvalue weighted by Gasteiger charge is -2.08. The number of benzene rings is 2. The molecule has 0 aromatic heterocycles. The zero-order chi connectivity index (χ0) is 15.9. The Kier molecular flexibility index (Phi) is 5.25. The second kappa shape index (κ2) is 7.36. The molecule has 2 N–H and O–H groups in total. The van der Waals surface area contributed by atoms with E-state index in [-0.39, 0.29) is 18.1 Å². The van der Waals surface area contributed by atoms with Crippen molar-refractivity contribution in [2.24, 2.45) is 0 Å². The van der Waals surface area contributed by atoms with Crippen LogP contribution in [-0.4, -0.2) is 18.2 Å². The monoisotopic (exact) mass is 300 g/mol. The summed E-state index contributed by atoms with van der Waals surface area (Å²) in [6.07, 6.45) is 0.237. The van der Waals surface area contributed by atoms with E-state index < -0.39 is 5.82 Å². The first kappa shape index (κ1) is 15.7. The second-order valence-electron chi connectivity index (χ2n) is 4.87. The highest BCUT2D eigenvalue weighted by atomic mass is 19.1. The normalized spacial score (nSPS) is 10.1. The minimum atomic E-state index is -0.392. The quantitative estimate of drug-likeness (QED) is 0.803. The number of rotatable bonds is 6. The third kappa shape index (κ3) is 4.70. The van der Waals surface area contributed by atoms with Gasteiger partial charge in [-0.15, -0.1) is 0 Å². The summed E-state index contributed by atoms with van der Waals surface area (Å²) in [4.78, 5) is 23.0. The average Bonchev–Trinajstić information content (AvgIpc) is 2.47. The SMILES string of the molecule is CC(=O)c1cccc(NCCC(=O)Nc2cccc(F)c2)c1. The summed E-state index contributed by atoms with van der Waals surface area (Å²) in [5.41, 5.74) is 1.84. The zero-order valence-electron chi connectivity index (χ0n) is 12.2. The summed E-state index contributed by atoms with van der Waals surface area (Å²) in [7, 11) is 0. The van der Waals surface area contributed by atoms with Crippen molar-refractivity contribution in [3.8, 4) is 0 Å². The van der Waals surface area contributed by atoms with E-state index in [1.165, 1.54) is 25.1 Å². The standard InChI is InChI=1S/C17H17FN2O2/c1-12(21)13-4-2-6-15(10-13)19-9-8-17(22)20-16-7-3-5-14(18)11-16/h2-7,10-11,19H,8-9H2,1H3,(H,20,22). The number of carbonyl (C=O) groups excluding carboxylic acids is 2. The van der Waals surface area contributed by atoms with Crippen LogP contribution in [0.15, 0.2) is 48.5 Å². The van der Waals surface area contributed by atoms with E-state index in [0.29, 0.717) is 17.8 Å². The van der Waals surface area contributed by atoms with Crippen LogP contribution in [0, 0.1) is 5.82 Å². The lowest BCUT2D eigenvalue weighted by Crippen LogP contribution is -2.16. The Labute approximate surface area is 128 Å². The summed E-state index contributed by atoms with van der Waals surface area (Å²) in [6, 6.07) is 12.8. The summed E-state index contributed by atoms with van der Waals surface area (Å²) in [5.74, 6) is -0.606. The average molecular weight is 300 g/mol. The third-order valence-electron chi connectivity index (χ3n) is 3.06. The molecule has 2 aromatic carbocycles. The van der Waals surface area contributed by atoms with Gasteiger partial charge in [0.2, 0.25) is 5.91 Å². The van der Waals surface area contributed by atoms with E-state index in [1.807, 2.05) is 6.07 Å². The Hall–Kier alpha value is -2.69. The van der Waals surface area contributed by atoms with E-state index in [4.69, 9.17) is 0 Å². The first-order chi connectivity index (χ1) is 10.5. The molecule has 0 radical (unpaired) electrons. The molecule has 22 heavy (non-hydrogen) atoms. The zero-order valence-corrected chi connectivity index (χ0v) is 12.2. The molecule has 0 fully saturated rings. The Balaban J connectivity index is 1.82. The van der Waals surface area contributed by atoms with E-state index in [9.17, 15) is 14.0 Å². The van der Waals surface area contributed by atoms with Gasteiger partial charge in [-0.1, -0.05) is 18.2 Å². The van der Waals surface area contributed by atoms with Crippen LogP contribution in [0.1, 0.15) is 23.7 Å². The van der Waals surface area contributed by atoms with Crippen LogP contribution in [0.5, 0.6) is 0 Å². The van der Waals surface area contributed by atoms with Crippen LogP contribution in [0.25, 0.3) is 0 Å². The van der Waals surface area contributed by atoms with Gasteiger partial charge in [-0.25, -0.2) is 4.39 Å². The number of ketones is 1. The molecule has 5 heteroatoms. The summed E-state index contributed by atoms with van der Waals surface area (Å²) < 4.78 is 13.0. The minimum absolute atomic E-state index is 0.00695. The van der Waals surface area contributed by atoms with Crippen molar-refractivity contribution in [1.29, 1.82) is 0 Å². The van der Waals surface area contributed by atoms with Gasteiger partial charge < -0.3 is 10.6 Å². The Morgan fingerprint density at radius 3 is 2.50 bits per heavy atom. The number of amides is 1. The van der Waals surface area contributed by atoms with E-state index in [0.717, 1.165) is 5.69 Å². The fraction of sp³-hybridized carbons (Fsp3) is 0.176. The number of carbonyl (C=O) groups is 2. The molecule has 0 aliphatic rings. The number of hydrogen-bond donors (Lipinski definition) is 2. The molecule has 2 aromatic rings. The van der Waals surface area contributed by atoms with Gasteiger partial charge in [0.1, 0.15) is 5.82 Å². The highest BCUT2D eigenvalue weighted by molar-refractivity contribution is 5.95. The fourth-order valence-corrected chi connectivity index (χ4v) is 1.96. The van der Waals surface area contributed by atoms with Crippen molar-refractivity contribution in [2.75, 3.05) is 17.2 Å². The van der Waals surface area contributed by atoms with Crippen molar-refractivity contribution in [2.45, 2.75) is 13.3 Å². The van der Waals surface area contributed by atoms with Gasteiger partial charge in [-0.05, 0) is 37.3 Å². The third-order valence-corrected chi connectivity index (χ3v) is 3.06. The van der Waals surface area contributed by atoms with Gasteiger partial charge in [-0.3, -0.25) is 9.59 Å². The smallest absolute Gasteiger partial charge is 0.226 e. The first-order valence-corrected chi connectivity index (χ1v) is 6.95. The van der Waals surface area contributed by atoms with Crippen molar-refractivity contribution < 1.29 is 14.0 Å². The van der Waals surface area contributed by atoms with Crippen molar-refractivity contribution in [3.63, 3.8) is 0 Å². The van der Waals surface area contributed by atoms with E-state index >= 15 is 0 Å². The van der Waals surface area contributed by atoms with Crippen LogP contribution < -0.4 is 10.6 Å². The molecule has 0 saturated heterocycles.